The summed E-state index contributed by atoms with van der Waals surface area (Å²) in [5.41, 5.74) is 1.44. The molecule has 0 atom stereocenters. The van der Waals surface area contributed by atoms with E-state index in [-0.39, 0.29) is 0 Å². The summed E-state index contributed by atoms with van der Waals surface area (Å²) < 4.78 is 0. The molecule has 1 rings (SSSR count). The van der Waals surface area contributed by atoms with Crippen LogP contribution in [0.25, 0.3) is 0 Å². The van der Waals surface area contributed by atoms with Crippen molar-refractivity contribution < 1.29 is 0 Å². The van der Waals surface area contributed by atoms with Crippen LogP contribution in [0.2, 0.25) is 0 Å². The van der Waals surface area contributed by atoms with E-state index in [0.717, 1.165) is 19.5 Å². The van der Waals surface area contributed by atoms with Crippen molar-refractivity contribution in [3.63, 3.8) is 0 Å². The number of hydrogen-bond acceptors (Lipinski definition) is 1. The molecule has 1 aromatic rings. The Morgan fingerprint density at radius 1 is 1.00 bits per heavy atom. The third kappa shape index (κ3) is 5.03. The molecular weight excluding hydrogens is 170 g/mol. The molecule has 77 valence electrons. The summed E-state index contributed by atoms with van der Waals surface area (Å²) in [6.45, 7) is 6.04. The van der Waals surface area contributed by atoms with E-state index < -0.39 is 0 Å². The summed E-state index contributed by atoms with van der Waals surface area (Å²) in [5, 5.41) is 3.42. The average Bonchev–Trinajstić information content (AvgIpc) is 2.25. The van der Waals surface area contributed by atoms with Gasteiger partial charge in [0.1, 0.15) is 0 Å². The number of unbranched alkanes of at least 4 members (excludes halogenated alkanes) is 1. The quantitative estimate of drug-likeness (QED) is 0.652. The van der Waals surface area contributed by atoms with Gasteiger partial charge in [-0.2, -0.15) is 0 Å². The van der Waals surface area contributed by atoms with Crippen molar-refractivity contribution in [3.05, 3.63) is 42.8 Å². The van der Waals surface area contributed by atoms with E-state index in [0.29, 0.717) is 0 Å². The summed E-state index contributed by atoms with van der Waals surface area (Å²) >= 11 is 0. The highest BCUT2D eigenvalue weighted by atomic mass is 14.8. The first kappa shape index (κ1) is 11.3. The third-order valence-electron chi connectivity index (χ3n) is 2.27. The van der Waals surface area contributed by atoms with E-state index in [1.54, 1.807) is 0 Å². The molecule has 0 aliphatic heterocycles. The molecule has 0 aliphatic carbocycles. The second-order valence-electron chi connectivity index (χ2n) is 3.55. The molecule has 1 aromatic carbocycles. The molecule has 0 unspecified atom stereocenters. The highest BCUT2D eigenvalue weighted by Gasteiger charge is 1.91. The molecule has 1 N–H and O–H groups in total. The van der Waals surface area contributed by atoms with E-state index in [4.69, 9.17) is 0 Å². The largest absolute Gasteiger partial charge is 0.317 e. The van der Waals surface area contributed by atoms with E-state index in [1.165, 1.54) is 24.8 Å². The summed E-state index contributed by atoms with van der Waals surface area (Å²) in [6, 6.07) is 10.7. The number of hydrogen-bond donors (Lipinski definition) is 1. The summed E-state index contributed by atoms with van der Waals surface area (Å²) in [6.07, 6.45) is 4.62. The number of aryl methyl sites for hydroxylation is 1. The molecule has 1 nitrogen and oxygen atoms in total. The molecule has 1 heteroatoms. The Bertz CT molecular complexity index is 218. The molecule has 0 fully saturated rings. The van der Waals surface area contributed by atoms with Crippen LogP contribution in [-0.2, 0) is 6.42 Å². The summed E-state index contributed by atoms with van der Waals surface area (Å²) in [7, 11) is 0. The Morgan fingerprint density at radius 2 is 1.71 bits per heavy atom. The molecule has 1 radical (unpaired) electrons. The zero-order chi connectivity index (χ0) is 10.1. The van der Waals surface area contributed by atoms with Gasteiger partial charge >= 0.3 is 0 Å². The zero-order valence-corrected chi connectivity index (χ0v) is 8.84. The lowest BCUT2D eigenvalue weighted by molar-refractivity contribution is 0.626. The van der Waals surface area contributed by atoms with Gasteiger partial charge in [-0.1, -0.05) is 43.7 Å². The topological polar surface area (TPSA) is 12.0 Å². The maximum Gasteiger partial charge on any atom is -0.00457 e. The minimum absolute atomic E-state index is 1.03. The van der Waals surface area contributed by atoms with Crippen LogP contribution in [0.1, 0.15) is 24.8 Å². The number of benzene rings is 1. The van der Waals surface area contributed by atoms with Crippen molar-refractivity contribution >= 4 is 0 Å². The van der Waals surface area contributed by atoms with Gasteiger partial charge in [0.05, 0.1) is 0 Å². The number of nitrogens with one attached hydrogen (secondary N) is 1. The minimum Gasteiger partial charge on any atom is -0.317 e. The van der Waals surface area contributed by atoms with Gasteiger partial charge in [-0.3, -0.25) is 0 Å². The van der Waals surface area contributed by atoms with Gasteiger partial charge in [0.2, 0.25) is 0 Å². The molecule has 0 amide bonds. The van der Waals surface area contributed by atoms with E-state index in [1.807, 2.05) is 0 Å². The SMILES string of the molecule is [CH2]CCCNCCCc1ccccc1. The Balaban J connectivity index is 1.99. The van der Waals surface area contributed by atoms with Crippen molar-refractivity contribution in [1.82, 2.24) is 5.32 Å². The Labute approximate surface area is 87.5 Å². The van der Waals surface area contributed by atoms with Crippen LogP contribution in [0.5, 0.6) is 0 Å². The van der Waals surface area contributed by atoms with Crippen LogP contribution in [-0.4, -0.2) is 13.1 Å². The molecule has 0 saturated carbocycles. The molecule has 0 bridgehead atoms. The Kier molecular flexibility index (Phi) is 6.09. The zero-order valence-electron chi connectivity index (χ0n) is 8.84. The molecule has 0 aromatic heterocycles. The smallest absolute Gasteiger partial charge is 0.00457 e. The molecule has 0 heterocycles. The van der Waals surface area contributed by atoms with Gasteiger partial charge in [-0.15, -0.1) is 0 Å². The second-order valence-corrected chi connectivity index (χ2v) is 3.55. The fourth-order valence-corrected chi connectivity index (χ4v) is 1.44. The summed E-state index contributed by atoms with van der Waals surface area (Å²) in [4.78, 5) is 0. The van der Waals surface area contributed by atoms with Gasteiger partial charge in [0, 0.05) is 0 Å². The fourth-order valence-electron chi connectivity index (χ4n) is 1.44. The van der Waals surface area contributed by atoms with Crippen LogP contribution < -0.4 is 5.32 Å². The maximum absolute atomic E-state index is 3.81. The van der Waals surface area contributed by atoms with E-state index >= 15 is 0 Å². The predicted molar refractivity (Wildman–Crippen MR) is 62.2 cm³/mol. The summed E-state index contributed by atoms with van der Waals surface area (Å²) in [5.74, 6) is 0. The Morgan fingerprint density at radius 3 is 2.43 bits per heavy atom. The third-order valence-corrected chi connectivity index (χ3v) is 2.27. The van der Waals surface area contributed by atoms with Crippen LogP contribution in [0, 0.1) is 6.92 Å². The van der Waals surface area contributed by atoms with Gasteiger partial charge in [-0.05, 0) is 37.9 Å². The Hall–Kier alpha value is -0.820. The van der Waals surface area contributed by atoms with Crippen molar-refractivity contribution in [1.29, 1.82) is 0 Å². The lowest BCUT2D eigenvalue weighted by Gasteiger charge is -2.03. The van der Waals surface area contributed by atoms with E-state index in [2.05, 4.69) is 42.6 Å². The van der Waals surface area contributed by atoms with Crippen LogP contribution >= 0.6 is 0 Å². The van der Waals surface area contributed by atoms with E-state index in [9.17, 15) is 0 Å². The van der Waals surface area contributed by atoms with Crippen molar-refractivity contribution in [2.24, 2.45) is 0 Å². The normalized spacial score (nSPS) is 10.4. The van der Waals surface area contributed by atoms with Crippen LogP contribution in [0.4, 0.5) is 0 Å². The highest BCUT2D eigenvalue weighted by Crippen LogP contribution is 2.01. The fraction of sp³-hybridized carbons (Fsp3) is 0.462. The number of rotatable bonds is 7. The second kappa shape index (κ2) is 7.57. The van der Waals surface area contributed by atoms with Crippen LogP contribution in [0.3, 0.4) is 0 Å². The van der Waals surface area contributed by atoms with Crippen LogP contribution in [0.15, 0.2) is 30.3 Å². The molecular formula is C13H20N. The first-order valence-electron chi connectivity index (χ1n) is 5.47. The highest BCUT2D eigenvalue weighted by molar-refractivity contribution is 5.14. The molecule has 0 aliphatic rings. The minimum atomic E-state index is 1.03. The standard InChI is InChI=1S/C13H20N/c1-2-3-11-14-12-7-10-13-8-5-4-6-9-13/h4-6,8-9,14H,1-3,7,10-12H2. The van der Waals surface area contributed by atoms with Gasteiger partial charge < -0.3 is 5.32 Å². The monoisotopic (exact) mass is 190 g/mol. The van der Waals surface area contributed by atoms with Crippen molar-refractivity contribution in [2.75, 3.05) is 13.1 Å². The average molecular weight is 190 g/mol. The molecule has 0 saturated heterocycles. The first-order valence-corrected chi connectivity index (χ1v) is 5.47. The molecule has 0 spiro atoms. The lowest BCUT2D eigenvalue weighted by atomic mass is 10.1. The van der Waals surface area contributed by atoms with Gasteiger partial charge in [0.15, 0.2) is 0 Å². The predicted octanol–water partition coefficient (Wildman–Crippen LogP) is 2.82. The van der Waals surface area contributed by atoms with Gasteiger partial charge in [0.25, 0.3) is 0 Å². The van der Waals surface area contributed by atoms with Gasteiger partial charge in [-0.25, -0.2) is 0 Å². The molecule has 14 heavy (non-hydrogen) atoms. The first-order chi connectivity index (χ1) is 6.93. The lowest BCUT2D eigenvalue weighted by Crippen LogP contribution is -2.16. The van der Waals surface area contributed by atoms with Crippen molar-refractivity contribution in [2.45, 2.75) is 25.7 Å². The van der Waals surface area contributed by atoms with Crippen molar-refractivity contribution in [3.8, 4) is 0 Å². The maximum atomic E-state index is 3.81.